The van der Waals surface area contributed by atoms with Gasteiger partial charge in [0.25, 0.3) is 5.91 Å². The summed E-state index contributed by atoms with van der Waals surface area (Å²) in [5.41, 5.74) is 1.17. The molecule has 1 amide bonds. The third-order valence-electron chi connectivity index (χ3n) is 3.61. The monoisotopic (exact) mass is 319 g/mol. The molecule has 22 heavy (non-hydrogen) atoms. The maximum Gasteiger partial charge on any atom is 0.274 e. The summed E-state index contributed by atoms with van der Waals surface area (Å²) in [7, 11) is 0. The quantitative estimate of drug-likeness (QED) is 0.855. The summed E-state index contributed by atoms with van der Waals surface area (Å²) in [5.74, 6) is -0.0761. The van der Waals surface area contributed by atoms with Crippen LogP contribution in [0.25, 0.3) is 5.69 Å². The SMILES string of the molecule is CC1CN(C(=O)c2ccn(-c3ccccc3Cl)n2)CC(C)O1. The molecule has 0 aliphatic carbocycles. The highest BCUT2D eigenvalue weighted by molar-refractivity contribution is 6.32. The van der Waals surface area contributed by atoms with E-state index in [0.717, 1.165) is 5.69 Å². The van der Waals surface area contributed by atoms with Gasteiger partial charge in [-0.05, 0) is 32.0 Å². The number of benzene rings is 1. The minimum atomic E-state index is -0.0761. The minimum absolute atomic E-state index is 0.0401. The van der Waals surface area contributed by atoms with E-state index in [2.05, 4.69) is 5.10 Å². The Kier molecular flexibility index (Phi) is 4.18. The number of carbonyl (C=O) groups is 1. The Hall–Kier alpha value is -1.85. The molecule has 1 aromatic carbocycles. The number of halogens is 1. The van der Waals surface area contributed by atoms with Gasteiger partial charge in [0.2, 0.25) is 0 Å². The van der Waals surface area contributed by atoms with Crippen molar-refractivity contribution in [3.05, 3.63) is 47.2 Å². The lowest BCUT2D eigenvalue weighted by atomic mass is 10.2. The fourth-order valence-corrected chi connectivity index (χ4v) is 2.94. The first-order valence-electron chi connectivity index (χ1n) is 7.30. The molecule has 1 aliphatic rings. The van der Waals surface area contributed by atoms with Crippen molar-refractivity contribution in [3.8, 4) is 5.69 Å². The fourth-order valence-electron chi connectivity index (χ4n) is 2.72. The lowest BCUT2D eigenvalue weighted by Gasteiger charge is -2.34. The lowest BCUT2D eigenvalue weighted by Crippen LogP contribution is -2.48. The van der Waals surface area contributed by atoms with Crippen molar-refractivity contribution in [3.63, 3.8) is 0 Å². The van der Waals surface area contributed by atoms with Gasteiger partial charge in [0.05, 0.1) is 22.9 Å². The summed E-state index contributed by atoms with van der Waals surface area (Å²) in [6.07, 6.45) is 1.83. The highest BCUT2D eigenvalue weighted by atomic mass is 35.5. The maximum atomic E-state index is 12.6. The van der Waals surface area contributed by atoms with Gasteiger partial charge < -0.3 is 9.64 Å². The van der Waals surface area contributed by atoms with Crippen molar-refractivity contribution >= 4 is 17.5 Å². The molecular formula is C16H18ClN3O2. The molecule has 1 fully saturated rings. The van der Waals surface area contributed by atoms with Crippen molar-refractivity contribution in [2.24, 2.45) is 0 Å². The number of rotatable bonds is 2. The van der Waals surface area contributed by atoms with Crippen molar-refractivity contribution in [1.29, 1.82) is 0 Å². The number of para-hydroxylation sites is 1. The van der Waals surface area contributed by atoms with Crippen LogP contribution >= 0.6 is 11.6 Å². The molecular weight excluding hydrogens is 302 g/mol. The topological polar surface area (TPSA) is 47.4 Å². The molecule has 2 atom stereocenters. The standard InChI is InChI=1S/C16H18ClN3O2/c1-11-9-19(10-12(2)22-11)16(21)14-7-8-20(18-14)15-6-4-3-5-13(15)17/h3-8,11-12H,9-10H2,1-2H3. The van der Waals surface area contributed by atoms with Gasteiger partial charge >= 0.3 is 0 Å². The molecule has 0 spiro atoms. The number of nitrogens with zero attached hydrogens (tertiary/aromatic N) is 3. The van der Waals surface area contributed by atoms with E-state index in [0.29, 0.717) is 23.8 Å². The van der Waals surface area contributed by atoms with Crippen LogP contribution in [0.2, 0.25) is 5.02 Å². The van der Waals surface area contributed by atoms with Crippen LogP contribution in [-0.4, -0.2) is 45.9 Å². The Balaban J connectivity index is 1.82. The normalized spacial score (nSPS) is 21.9. The average molecular weight is 320 g/mol. The van der Waals surface area contributed by atoms with Gasteiger partial charge in [0.1, 0.15) is 0 Å². The maximum absolute atomic E-state index is 12.6. The third kappa shape index (κ3) is 3.00. The first-order valence-corrected chi connectivity index (χ1v) is 7.67. The van der Waals surface area contributed by atoms with Gasteiger partial charge in [-0.2, -0.15) is 5.10 Å². The van der Waals surface area contributed by atoms with Crippen molar-refractivity contribution in [2.45, 2.75) is 26.1 Å². The van der Waals surface area contributed by atoms with Crippen LogP contribution in [0.5, 0.6) is 0 Å². The van der Waals surface area contributed by atoms with Crippen LogP contribution in [0.3, 0.4) is 0 Å². The highest BCUT2D eigenvalue weighted by Gasteiger charge is 2.27. The molecule has 2 unspecified atom stereocenters. The molecule has 1 saturated heterocycles. The van der Waals surface area contributed by atoms with Crippen LogP contribution in [0, 0.1) is 0 Å². The van der Waals surface area contributed by atoms with E-state index in [1.165, 1.54) is 0 Å². The first kappa shape index (κ1) is 15.1. The first-order chi connectivity index (χ1) is 10.5. The van der Waals surface area contributed by atoms with Crippen LogP contribution in [0.1, 0.15) is 24.3 Å². The second-order valence-electron chi connectivity index (χ2n) is 5.56. The third-order valence-corrected chi connectivity index (χ3v) is 3.93. The predicted molar refractivity (Wildman–Crippen MR) is 84.5 cm³/mol. The van der Waals surface area contributed by atoms with Crippen LogP contribution in [-0.2, 0) is 4.74 Å². The molecule has 0 bridgehead atoms. The van der Waals surface area contributed by atoms with Crippen LogP contribution < -0.4 is 0 Å². The van der Waals surface area contributed by atoms with Gasteiger partial charge in [0, 0.05) is 19.3 Å². The number of aromatic nitrogens is 2. The number of hydrogen-bond acceptors (Lipinski definition) is 3. The summed E-state index contributed by atoms with van der Waals surface area (Å²) in [4.78, 5) is 14.4. The van der Waals surface area contributed by atoms with Crippen molar-refractivity contribution in [1.82, 2.24) is 14.7 Å². The van der Waals surface area contributed by atoms with Crippen molar-refractivity contribution in [2.75, 3.05) is 13.1 Å². The number of hydrogen-bond donors (Lipinski definition) is 0. The molecule has 0 saturated carbocycles. The molecule has 1 aliphatic heterocycles. The Bertz CT molecular complexity index is 676. The molecule has 5 nitrogen and oxygen atoms in total. The van der Waals surface area contributed by atoms with Gasteiger partial charge in [-0.3, -0.25) is 4.79 Å². The molecule has 6 heteroatoms. The second-order valence-corrected chi connectivity index (χ2v) is 5.97. The molecule has 0 N–H and O–H groups in total. The highest BCUT2D eigenvalue weighted by Crippen LogP contribution is 2.20. The van der Waals surface area contributed by atoms with E-state index in [1.807, 2.05) is 32.0 Å². The van der Waals surface area contributed by atoms with Crippen LogP contribution in [0.4, 0.5) is 0 Å². The van der Waals surface area contributed by atoms with E-state index in [4.69, 9.17) is 16.3 Å². The van der Waals surface area contributed by atoms with Crippen molar-refractivity contribution < 1.29 is 9.53 Å². The van der Waals surface area contributed by atoms with E-state index in [1.54, 1.807) is 27.9 Å². The zero-order valence-electron chi connectivity index (χ0n) is 12.6. The summed E-state index contributed by atoms with van der Waals surface area (Å²) in [6.45, 7) is 5.11. The number of carbonyl (C=O) groups excluding carboxylic acids is 1. The van der Waals surface area contributed by atoms with Gasteiger partial charge in [-0.25, -0.2) is 4.68 Å². The van der Waals surface area contributed by atoms with Gasteiger partial charge in [-0.15, -0.1) is 0 Å². The van der Waals surface area contributed by atoms with E-state index in [9.17, 15) is 4.79 Å². The van der Waals surface area contributed by atoms with Gasteiger partial charge in [0.15, 0.2) is 5.69 Å². The minimum Gasteiger partial charge on any atom is -0.372 e. The Morgan fingerprint density at radius 1 is 1.23 bits per heavy atom. The van der Waals surface area contributed by atoms with E-state index < -0.39 is 0 Å². The predicted octanol–water partition coefficient (Wildman–Crippen LogP) is 2.78. The molecule has 2 heterocycles. The molecule has 116 valence electrons. The lowest BCUT2D eigenvalue weighted by molar-refractivity contribution is -0.0587. The largest absolute Gasteiger partial charge is 0.372 e. The number of ether oxygens (including phenoxy) is 1. The second kappa shape index (κ2) is 6.10. The van der Waals surface area contributed by atoms with E-state index >= 15 is 0 Å². The molecule has 1 aromatic heterocycles. The number of amides is 1. The summed E-state index contributed by atoms with van der Waals surface area (Å²) < 4.78 is 7.28. The van der Waals surface area contributed by atoms with E-state index in [-0.39, 0.29) is 18.1 Å². The zero-order chi connectivity index (χ0) is 15.7. The molecule has 3 rings (SSSR count). The Morgan fingerprint density at radius 2 is 1.91 bits per heavy atom. The van der Waals surface area contributed by atoms with Gasteiger partial charge in [-0.1, -0.05) is 23.7 Å². The number of morpholine rings is 1. The van der Waals surface area contributed by atoms with Crippen LogP contribution in [0.15, 0.2) is 36.5 Å². The molecule has 0 radical (unpaired) electrons. The summed E-state index contributed by atoms with van der Waals surface area (Å²) in [6, 6.07) is 9.12. The smallest absolute Gasteiger partial charge is 0.274 e. The summed E-state index contributed by atoms with van der Waals surface area (Å²) >= 11 is 6.16. The summed E-state index contributed by atoms with van der Waals surface area (Å²) in [5, 5.41) is 4.96. The Morgan fingerprint density at radius 3 is 2.59 bits per heavy atom. The fraction of sp³-hybridized carbons (Fsp3) is 0.375. The average Bonchev–Trinajstić information content (AvgIpc) is 2.95. The zero-order valence-corrected chi connectivity index (χ0v) is 13.3. The Labute approximate surface area is 134 Å². The molecule has 2 aromatic rings.